The topological polar surface area (TPSA) is 122 Å². The molecule has 1 aliphatic heterocycles. The number of carbonyl (C=O) groups excluding carboxylic acids is 2. The van der Waals surface area contributed by atoms with E-state index >= 15 is 0 Å². The SMILES string of the molecule is CN1CCN(C(=O)c2ccc(-c3c(F)cncc3NC(=O)c3c(N)nn4cc(F)cnc34)cc2)CC1. The highest BCUT2D eigenvalue weighted by Crippen LogP contribution is 2.31. The van der Waals surface area contributed by atoms with E-state index in [2.05, 4.69) is 25.3 Å². The smallest absolute Gasteiger partial charge is 0.263 e. The molecule has 0 atom stereocenters. The van der Waals surface area contributed by atoms with Gasteiger partial charge in [-0.05, 0) is 24.7 Å². The van der Waals surface area contributed by atoms with Gasteiger partial charge in [-0.15, -0.1) is 5.10 Å². The lowest BCUT2D eigenvalue weighted by atomic mass is 10.0. The van der Waals surface area contributed by atoms with Crippen LogP contribution in [0.2, 0.25) is 0 Å². The number of rotatable bonds is 4. The van der Waals surface area contributed by atoms with Crippen LogP contribution in [0.3, 0.4) is 0 Å². The predicted octanol–water partition coefficient (Wildman–Crippen LogP) is 2.29. The molecule has 0 radical (unpaired) electrons. The Balaban J connectivity index is 1.42. The lowest BCUT2D eigenvalue weighted by molar-refractivity contribution is 0.0664. The maximum Gasteiger partial charge on any atom is 0.263 e. The maximum absolute atomic E-state index is 14.9. The van der Waals surface area contributed by atoms with Crippen molar-refractivity contribution < 1.29 is 18.4 Å². The molecule has 5 rings (SSSR count). The van der Waals surface area contributed by atoms with Gasteiger partial charge in [0.15, 0.2) is 23.1 Å². The van der Waals surface area contributed by atoms with E-state index in [1.165, 1.54) is 6.20 Å². The summed E-state index contributed by atoms with van der Waals surface area (Å²) in [7, 11) is 2.01. The van der Waals surface area contributed by atoms with Gasteiger partial charge in [0.1, 0.15) is 5.56 Å². The average Bonchev–Trinajstić information content (AvgIpc) is 3.19. The van der Waals surface area contributed by atoms with Crippen molar-refractivity contribution in [3.05, 3.63) is 71.8 Å². The number of nitrogens with one attached hydrogen (secondary N) is 1. The van der Waals surface area contributed by atoms with Crippen LogP contribution in [0.25, 0.3) is 16.8 Å². The van der Waals surface area contributed by atoms with Gasteiger partial charge in [0, 0.05) is 37.3 Å². The van der Waals surface area contributed by atoms with E-state index in [-0.39, 0.29) is 34.2 Å². The number of fused-ring (bicyclic) bond motifs is 1. The molecule has 1 fully saturated rings. The molecule has 1 aliphatic rings. The van der Waals surface area contributed by atoms with Crippen molar-refractivity contribution >= 4 is 29.0 Å². The van der Waals surface area contributed by atoms with Crippen LogP contribution >= 0.6 is 0 Å². The largest absolute Gasteiger partial charge is 0.381 e. The van der Waals surface area contributed by atoms with Gasteiger partial charge in [-0.1, -0.05) is 12.1 Å². The van der Waals surface area contributed by atoms with Gasteiger partial charge in [-0.2, -0.15) is 0 Å². The second-order valence-electron chi connectivity index (χ2n) is 8.47. The third kappa shape index (κ3) is 4.33. The normalized spacial score (nSPS) is 14.2. The van der Waals surface area contributed by atoms with Crippen LogP contribution in [0.5, 0.6) is 0 Å². The van der Waals surface area contributed by atoms with Gasteiger partial charge in [0.2, 0.25) is 0 Å². The molecule has 0 spiro atoms. The monoisotopic (exact) mass is 492 g/mol. The minimum atomic E-state index is -0.711. The highest BCUT2D eigenvalue weighted by Gasteiger charge is 2.23. The number of aromatic nitrogens is 4. The number of hydrogen-bond donors (Lipinski definition) is 2. The summed E-state index contributed by atoms with van der Waals surface area (Å²) in [5.74, 6) is -2.28. The van der Waals surface area contributed by atoms with Crippen LogP contribution in [-0.4, -0.2) is 74.4 Å². The van der Waals surface area contributed by atoms with Crippen molar-refractivity contribution in [1.29, 1.82) is 0 Å². The van der Waals surface area contributed by atoms with Crippen molar-refractivity contribution in [3.63, 3.8) is 0 Å². The van der Waals surface area contributed by atoms with Gasteiger partial charge < -0.3 is 20.9 Å². The predicted molar refractivity (Wildman–Crippen MR) is 128 cm³/mol. The second-order valence-corrected chi connectivity index (χ2v) is 8.47. The molecule has 1 saturated heterocycles. The number of carbonyl (C=O) groups is 2. The first-order chi connectivity index (χ1) is 17.3. The van der Waals surface area contributed by atoms with Gasteiger partial charge >= 0.3 is 0 Å². The zero-order valence-electron chi connectivity index (χ0n) is 19.3. The Bertz CT molecular complexity index is 1460. The number of halogens is 2. The summed E-state index contributed by atoms with van der Waals surface area (Å²) in [5.41, 5.74) is 6.92. The quantitative estimate of drug-likeness (QED) is 0.448. The lowest BCUT2D eigenvalue weighted by Crippen LogP contribution is -2.47. The number of piperazine rings is 1. The van der Waals surface area contributed by atoms with Crippen molar-refractivity contribution in [2.45, 2.75) is 0 Å². The van der Waals surface area contributed by atoms with Gasteiger partial charge in [-0.25, -0.2) is 18.3 Å². The van der Waals surface area contributed by atoms with E-state index in [0.717, 1.165) is 36.2 Å². The molecule has 0 bridgehead atoms. The molecular weight excluding hydrogens is 470 g/mol. The zero-order chi connectivity index (χ0) is 25.4. The second kappa shape index (κ2) is 9.30. The summed E-state index contributed by atoms with van der Waals surface area (Å²) in [6, 6.07) is 6.49. The van der Waals surface area contributed by atoms with Crippen molar-refractivity contribution in [1.82, 2.24) is 29.4 Å². The van der Waals surface area contributed by atoms with Crippen molar-refractivity contribution in [2.24, 2.45) is 0 Å². The van der Waals surface area contributed by atoms with Crippen molar-refractivity contribution in [2.75, 3.05) is 44.3 Å². The number of hydrogen-bond acceptors (Lipinski definition) is 7. The van der Waals surface area contributed by atoms with Gasteiger partial charge in [0.05, 0.1) is 30.5 Å². The molecule has 0 saturated carbocycles. The third-order valence-corrected chi connectivity index (χ3v) is 6.05. The molecule has 2 amide bonds. The van der Waals surface area contributed by atoms with Crippen LogP contribution in [0.4, 0.5) is 20.3 Å². The molecular formula is C24H22F2N8O2. The Morgan fingerprint density at radius 1 is 1.03 bits per heavy atom. The Kier molecular flexibility index (Phi) is 6.02. The number of anilines is 2. The highest BCUT2D eigenvalue weighted by atomic mass is 19.1. The number of nitrogens with zero attached hydrogens (tertiary/aromatic N) is 6. The summed E-state index contributed by atoms with van der Waals surface area (Å²) in [4.78, 5) is 37.6. The highest BCUT2D eigenvalue weighted by molar-refractivity contribution is 6.12. The number of benzene rings is 1. The molecule has 1 aromatic carbocycles. The first kappa shape index (κ1) is 23.3. The van der Waals surface area contributed by atoms with E-state index in [1.54, 1.807) is 29.2 Å². The molecule has 4 aromatic rings. The van der Waals surface area contributed by atoms with E-state index < -0.39 is 17.5 Å². The van der Waals surface area contributed by atoms with Crippen LogP contribution in [0, 0.1) is 11.6 Å². The fourth-order valence-corrected chi connectivity index (χ4v) is 4.13. The summed E-state index contributed by atoms with van der Waals surface area (Å²) < 4.78 is 29.4. The molecule has 3 N–H and O–H groups in total. The van der Waals surface area contributed by atoms with Crippen LogP contribution < -0.4 is 11.1 Å². The number of amides is 2. The summed E-state index contributed by atoms with van der Waals surface area (Å²) in [6.45, 7) is 2.88. The van der Waals surface area contributed by atoms with Crippen LogP contribution in [-0.2, 0) is 0 Å². The van der Waals surface area contributed by atoms with Gasteiger partial charge in [0.25, 0.3) is 11.8 Å². The molecule has 0 unspecified atom stereocenters. The summed E-state index contributed by atoms with van der Waals surface area (Å²) in [6.07, 6.45) is 4.31. The standard InChI is InChI=1S/C24H22F2N8O2/c1-32-6-8-33(9-7-32)24(36)15-4-2-14(3-5-15)19-17(26)11-28-12-18(19)30-23(35)20-21(27)31-34-13-16(25)10-29-22(20)34/h2-5,10-13H,6-9H2,1H3,(H2,27,31)(H,30,35). The molecule has 10 nitrogen and oxygen atoms in total. The summed E-state index contributed by atoms with van der Waals surface area (Å²) >= 11 is 0. The van der Waals surface area contributed by atoms with Crippen molar-refractivity contribution in [3.8, 4) is 11.1 Å². The zero-order valence-corrected chi connectivity index (χ0v) is 19.3. The maximum atomic E-state index is 14.9. The molecule has 184 valence electrons. The van der Waals surface area contributed by atoms with Gasteiger partial charge in [-0.3, -0.25) is 14.6 Å². The van der Waals surface area contributed by atoms with Crippen LogP contribution in [0.1, 0.15) is 20.7 Å². The first-order valence-corrected chi connectivity index (χ1v) is 11.1. The summed E-state index contributed by atoms with van der Waals surface area (Å²) in [5, 5.41) is 6.51. The number of likely N-dealkylation sites (N-methyl/N-ethyl adjacent to an activating group) is 1. The van der Waals surface area contributed by atoms with Crippen LogP contribution in [0.15, 0.2) is 49.1 Å². The minimum absolute atomic E-state index is 0.0454. The molecule has 4 heterocycles. The van der Waals surface area contributed by atoms with E-state index in [1.807, 2.05) is 7.05 Å². The average molecular weight is 492 g/mol. The number of nitrogens with two attached hydrogens (primary N) is 1. The lowest BCUT2D eigenvalue weighted by Gasteiger charge is -2.32. The fraction of sp³-hybridized carbons (Fsp3) is 0.208. The number of nitrogen functional groups attached to an aromatic ring is 1. The molecule has 0 aliphatic carbocycles. The number of pyridine rings is 1. The first-order valence-electron chi connectivity index (χ1n) is 11.1. The minimum Gasteiger partial charge on any atom is -0.381 e. The Hall–Kier alpha value is -4.45. The third-order valence-electron chi connectivity index (χ3n) is 6.05. The Morgan fingerprint density at radius 3 is 2.47 bits per heavy atom. The van der Waals surface area contributed by atoms with E-state index in [9.17, 15) is 18.4 Å². The Morgan fingerprint density at radius 2 is 1.75 bits per heavy atom. The molecule has 3 aromatic heterocycles. The Labute approximate surface area is 204 Å². The molecule has 12 heteroatoms. The fourth-order valence-electron chi connectivity index (χ4n) is 4.13. The van der Waals surface area contributed by atoms with E-state index in [4.69, 9.17) is 5.73 Å². The molecule has 36 heavy (non-hydrogen) atoms. The van der Waals surface area contributed by atoms with E-state index in [0.29, 0.717) is 24.2 Å².